The molecule has 0 spiro atoms. The summed E-state index contributed by atoms with van der Waals surface area (Å²) >= 11 is 0. The number of amides is 1. The minimum Gasteiger partial charge on any atom is -0.340 e. The molecule has 4 nitrogen and oxygen atoms in total. The minimum absolute atomic E-state index is 0.0111. The molecular formula is C8H12N2O2S. The highest BCUT2D eigenvalue weighted by atomic mass is 32.2. The maximum absolute atomic E-state index is 11.2. The molecule has 0 aromatic heterocycles. The van der Waals surface area contributed by atoms with Crippen molar-refractivity contribution < 1.29 is 9.00 Å². The van der Waals surface area contributed by atoms with Gasteiger partial charge in [0.1, 0.15) is 0 Å². The molecular weight excluding hydrogens is 188 g/mol. The molecule has 13 heavy (non-hydrogen) atoms. The van der Waals surface area contributed by atoms with Crippen LogP contribution >= 0.6 is 0 Å². The maximum atomic E-state index is 11.2. The normalized spacial score (nSPS) is 24.5. The van der Waals surface area contributed by atoms with Gasteiger partial charge < -0.3 is 4.90 Å². The molecule has 72 valence electrons. The Morgan fingerprint density at radius 1 is 1.77 bits per heavy atom. The molecule has 1 amide bonds. The Kier molecular flexibility index (Phi) is 3.43. The Morgan fingerprint density at radius 3 is 2.92 bits per heavy atom. The molecule has 1 fully saturated rings. The van der Waals surface area contributed by atoms with E-state index in [1.165, 1.54) is 0 Å². The summed E-state index contributed by atoms with van der Waals surface area (Å²) in [6.45, 7) is 1.02. The van der Waals surface area contributed by atoms with E-state index in [4.69, 9.17) is 5.26 Å². The maximum Gasteiger partial charge on any atom is 0.224 e. The molecule has 5 heteroatoms. The SMILES string of the molecule is CS(=O)CCN1CC(C#N)CC1=O. The first-order valence-electron chi connectivity index (χ1n) is 4.11. The molecule has 0 aromatic rings. The van der Waals surface area contributed by atoms with E-state index in [0.717, 1.165) is 0 Å². The monoisotopic (exact) mass is 200 g/mol. The number of carbonyl (C=O) groups is 1. The Hall–Kier alpha value is -0.890. The average molecular weight is 200 g/mol. The predicted molar refractivity (Wildman–Crippen MR) is 49.2 cm³/mol. The van der Waals surface area contributed by atoms with Gasteiger partial charge in [-0.15, -0.1) is 0 Å². The van der Waals surface area contributed by atoms with Gasteiger partial charge in [0.2, 0.25) is 5.91 Å². The van der Waals surface area contributed by atoms with Gasteiger partial charge in [-0.25, -0.2) is 0 Å². The van der Waals surface area contributed by atoms with E-state index in [1.54, 1.807) is 11.2 Å². The molecule has 1 heterocycles. The van der Waals surface area contributed by atoms with E-state index in [1.807, 2.05) is 0 Å². The van der Waals surface area contributed by atoms with Crippen LogP contribution in [0.4, 0.5) is 0 Å². The highest BCUT2D eigenvalue weighted by molar-refractivity contribution is 7.84. The summed E-state index contributed by atoms with van der Waals surface area (Å²) in [6.07, 6.45) is 1.94. The van der Waals surface area contributed by atoms with Crippen LogP contribution in [0.1, 0.15) is 6.42 Å². The van der Waals surface area contributed by atoms with Crippen LogP contribution in [0.2, 0.25) is 0 Å². The molecule has 2 atom stereocenters. The van der Waals surface area contributed by atoms with Crippen molar-refractivity contribution in [2.45, 2.75) is 6.42 Å². The predicted octanol–water partition coefficient (Wildman–Crippen LogP) is -0.263. The van der Waals surface area contributed by atoms with Gasteiger partial charge in [0.15, 0.2) is 0 Å². The van der Waals surface area contributed by atoms with Crippen molar-refractivity contribution in [1.82, 2.24) is 4.90 Å². The van der Waals surface area contributed by atoms with E-state index < -0.39 is 10.8 Å². The Bertz CT molecular complexity index is 272. The Labute approximate surface area is 80.0 Å². The quantitative estimate of drug-likeness (QED) is 0.630. The van der Waals surface area contributed by atoms with Crippen LogP contribution in [-0.4, -0.2) is 40.1 Å². The number of hydrogen-bond acceptors (Lipinski definition) is 3. The second-order valence-electron chi connectivity index (χ2n) is 3.15. The highest BCUT2D eigenvalue weighted by Crippen LogP contribution is 2.15. The zero-order valence-corrected chi connectivity index (χ0v) is 8.34. The largest absolute Gasteiger partial charge is 0.340 e. The topological polar surface area (TPSA) is 61.2 Å². The van der Waals surface area contributed by atoms with Crippen LogP contribution < -0.4 is 0 Å². The van der Waals surface area contributed by atoms with E-state index in [9.17, 15) is 9.00 Å². The molecule has 0 bridgehead atoms. The van der Waals surface area contributed by atoms with Crippen LogP contribution in [0.3, 0.4) is 0 Å². The fraction of sp³-hybridized carbons (Fsp3) is 0.750. The summed E-state index contributed by atoms with van der Waals surface area (Å²) in [5.41, 5.74) is 0. The van der Waals surface area contributed by atoms with Crippen molar-refractivity contribution in [2.75, 3.05) is 25.1 Å². The first kappa shape index (κ1) is 10.2. The molecule has 0 saturated carbocycles. The fourth-order valence-electron chi connectivity index (χ4n) is 1.31. The van der Waals surface area contributed by atoms with Crippen LogP contribution in [0.5, 0.6) is 0 Å². The lowest BCUT2D eigenvalue weighted by atomic mass is 10.1. The van der Waals surface area contributed by atoms with Gasteiger partial charge in [-0.05, 0) is 0 Å². The fourth-order valence-corrected chi connectivity index (χ4v) is 1.79. The number of nitriles is 1. The third-order valence-corrected chi connectivity index (χ3v) is 2.80. The summed E-state index contributed by atoms with van der Waals surface area (Å²) in [4.78, 5) is 12.9. The van der Waals surface area contributed by atoms with E-state index >= 15 is 0 Å². The van der Waals surface area contributed by atoms with Gasteiger partial charge in [-0.2, -0.15) is 5.26 Å². The third kappa shape index (κ3) is 2.81. The minimum atomic E-state index is -0.867. The van der Waals surface area contributed by atoms with Crippen LogP contribution in [0.25, 0.3) is 0 Å². The van der Waals surface area contributed by atoms with Gasteiger partial charge in [0.25, 0.3) is 0 Å². The van der Waals surface area contributed by atoms with E-state index in [2.05, 4.69) is 6.07 Å². The Morgan fingerprint density at radius 2 is 2.46 bits per heavy atom. The van der Waals surface area contributed by atoms with Gasteiger partial charge >= 0.3 is 0 Å². The summed E-state index contributed by atoms with van der Waals surface area (Å²) in [7, 11) is -0.867. The number of rotatable bonds is 3. The van der Waals surface area contributed by atoms with Crippen LogP contribution in [0, 0.1) is 17.2 Å². The van der Waals surface area contributed by atoms with Crippen molar-refractivity contribution in [3.05, 3.63) is 0 Å². The van der Waals surface area contributed by atoms with E-state index in [-0.39, 0.29) is 11.8 Å². The lowest BCUT2D eigenvalue weighted by Gasteiger charge is -2.13. The zero-order valence-electron chi connectivity index (χ0n) is 7.52. The summed E-state index contributed by atoms with van der Waals surface area (Å²) < 4.78 is 10.8. The summed E-state index contributed by atoms with van der Waals surface area (Å²) in [5, 5.41) is 8.59. The van der Waals surface area contributed by atoms with Crippen molar-refractivity contribution in [3.8, 4) is 6.07 Å². The smallest absolute Gasteiger partial charge is 0.224 e. The van der Waals surface area contributed by atoms with Gasteiger partial charge in [0, 0.05) is 42.3 Å². The first-order chi connectivity index (χ1) is 6.13. The number of likely N-dealkylation sites (tertiary alicyclic amines) is 1. The second kappa shape index (κ2) is 4.38. The lowest BCUT2D eigenvalue weighted by molar-refractivity contribution is -0.127. The lowest BCUT2D eigenvalue weighted by Crippen LogP contribution is -2.29. The van der Waals surface area contributed by atoms with Crippen molar-refractivity contribution in [3.63, 3.8) is 0 Å². The molecule has 2 unspecified atom stereocenters. The van der Waals surface area contributed by atoms with Crippen LogP contribution in [0.15, 0.2) is 0 Å². The first-order valence-corrected chi connectivity index (χ1v) is 5.83. The molecule has 0 N–H and O–H groups in total. The van der Waals surface area contributed by atoms with Crippen molar-refractivity contribution in [2.24, 2.45) is 5.92 Å². The van der Waals surface area contributed by atoms with Crippen molar-refractivity contribution >= 4 is 16.7 Å². The molecule has 1 saturated heterocycles. The van der Waals surface area contributed by atoms with Crippen LogP contribution in [-0.2, 0) is 15.6 Å². The van der Waals surface area contributed by atoms with Gasteiger partial charge in [-0.1, -0.05) is 0 Å². The molecule has 1 rings (SSSR count). The number of hydrogen-bond donors (Lipinski definition) is 0. The number of nitrogens with zero attached hydrogens (tertiary/aromatic N) is 2. The third-order valence-electron chi connectivity index (χ3n) is 2.05. The summed E-state index contributed by atoms with van der Waals surface area (Å²) in [5.74, 6) is 0.346. The molecule has 1 aliphatic heterocycles. The van der Waals surface area contributed by atoms with Gasteiger partial charge in [0.05, 0.1) is 12.0 Å². The van der Waals surface area contributed by atoms with E-state index in [0.29, 0.717) is 25.3 Å². The van der Waals surface area contributed by atoms with Crippen molar-refractivity contribution in [1.29, 1.82) is 5.26 Å². The standard InChI is InChI=1S/C8H12N2O2S/c1-13(12)3-2-10-6-7(5-9)4-8(10)11/h7H,2-4,6H2,1H3. The highest BCUT2D eigenvalue weighted by Gasteiger charge is 2.28. The average Bonchev–Trinajstić information content (AvgIpc) is 2.43. The molecule has 0 aliphatic carbocycles. The molecule has 0 aromatic carbocycles. The second-order valence-corrected chi connectivity index (χ2v) is 4.70. The molecule has 0 radical (unpaired) electrons. The molecule has 1 aliphatic rings. The zero-order chi connectivity index (χ0) is 9.84. The number of carbonyl (C=O) groups excluding carboxylic acids is 1. The van der Waals surface area contributed by atoms with Gasteiger partial charge in [-0.3, -0.25) is 9.00 Å². The summed E-state index contributed by atoms with van der Waals surface area (Å²) in [6, 6.07) is 2.07. The Balaban J connectivity index is 2.40.